The van der Waals surface area contributed by atoms with Gasteiger partial charge in [0.05, 0.1) is 6.54 Å². The zero-order valence-electron chi connectivity index (χ0n) is 13.9. The molecule has 3 heterocycles. The predicted molar refractivity (Wildman–Crippen MR) is 91.7 cm³/mol. The molecule has 0 radical (unpaired) electrons. The number of sulfonamides is 1. The second kappa shape index (κ2) is 7.17. The summed E-state index contributed by atoms with van der Waals surface area (Å²) in [5.41, 5.74) is -0.0907. The molecule has 140 valence electrons. The Balaban J connectivity index is 1.71. The zero-order chi connectivity index (χ0) is 18.9. The normalized spacial score (nSPS) is 15.3. The summed E-state index contributed by atoms with van der Waals surface area (Å²) in [6.45, 7) is 2.44. The van der Waals surface area contributed by atoms with Crippen LogP contribution < -0.4 is 5.32 Å². The van der Waals surface area contributed by atoms with Crippen molar-refractivity contribution in [1.29, 1.82) is 0 Å². The van der Waals surface area contributed by atoms with Gasteiger partial charge < -0.3 is 14.8 Å². The van der Waals surface area contributed by atoms with Gasteiger partial charge in [-0.25, -0.2) is 18.2 Å². The van der Waals surface area contributed by atoms with E-state index in [0.29, 0.717) is 18.1 Å². The van der Waals surface area contributed by atoms with E-state index in [0.717, 1.165) is 24.2 Å². The Bertz CT molecular complexity index is 940. The summed E-state index contributed by atoms with van der Waals surface area (Å²) in [5.74, 6) is -1.69. The minimum absolute atomic E-state index is 0.00744. The first-order valence-corrected chi connectivity index (χ1v) is 10.2. The fourth-order valence-corrected chi connectivity index (χ4v) is 5.02. The molecule has 1 amide bonds. The van der Waals surface area contributed by atoms with Gasteiger partial charge in [0.15, 0.2) is 11.5 Å². The van der Waals surface area contributed by atoms with Gasteiger partial charge in [0.25, 0.3) is 5.91 Å². The average Bonchev–Trinajstić information content (AvgIpc) is 3.32. The number of aromatic nitrogens is 1. The number of carboxylic acids is 1. The van der Waals surface area contributed by atoms with Gasteiger partial charge in [-0.15, -0.1) is 11.3 Å². The molecule has 2 aromatic rings. The summed E-state index contributed by atoms with van der Waals surface area (Å²) in [4.78, 5) is 26.9. The van der Waals surface area contributed by atoms with Crippen molar-refractivity contribution < 1.29 is 27.5 Å². The van der Waals surface area contributed by atoms with Crippen molar-refractivity contribution in [1.82, 2.24) is 14.6 Å². The summed E-state index contributed by atoms with van der Waals surface area (Å²) >= 11 is 1.10. The number of thiazole rings is 1. The van der Waals surface area contributed by atoms with Gasteiger partial charge in [-0.2, -0.15) is 4.31 Å². The van der Waals surface area contributed by atoms with Gasteiger partial charge in [0, 0.05) is 24.5 Å². The first-order chi connectivity index (χ1) is 12.3. The van der Waals surface area contributed by atoms with Crippen LogP contribution in [-0.2, 0) is 16.6 Å². The Morgan fingerprint density at radius 1 is 1.38 bits per heavy atom. The molecular weight excluding hydrogens is 382 g/mol. The van der Waals surface area contributed by atoms with E-state index in [1.54, 1.807) is 0 Å². The summed E-state index contributed by atoms with van der Waals surface area (Å²) in [6.07, 6.45) is 1.63. The van der Waals surface area contributed by atoms with Gasteiger partial charge in [-0.3, -0.25) is 4.79 Å². The molecular formula is C15H17N3O6S2. The Morgan fingerprint density at radius 3 is 2.69 bits per heavy atom. The van der Waals surface area contributed by atoms with E-state index in [1.807, 2.05) is 0 Å². The number of nitrogens with one attached hydrogen (secondary N) is 1. The molecule has 3 rings (SSSR count). The fraction of sp³-hybridized carbons (Fsp3) is 0.400. The van der Waals surface area contributed by atoms with Crippen LogP contribution in [0.15, 0.2) is 20.8 Å². The van der Waals surface area contributed by atoms with Gasteiger partial charge >= 0.3 is 5.97 Å². The molecule has 0 aromatic carbocycles. The lowest BCUT2D eigenvalue weighted by molar-refractivity contribution is 0.0691. The fourth-order valence-electron chi connectivity index (χ4n) is 2.63. The van der Waals surface area contributed by atoms with E-state index in [9.17, 15) is 18.0 Å². The number of nitrogens with zero attached hydrogens (tertiary/aromatic N) is 2. The van der Waals surface area contributed by atoms with Crippen molar-refractivity contribution in [2.75, 3.05) is 13.1 Å². The van der Waals surface area contributed by atoms with Crippen molar-refractivity contribution in [3.05, 3.63) is 33.7 Å². The zero-order valence-corrected chi connectivity index (χ0v) is 15.5. The minimum atomic E-state index is -3.67. The number of carboxylic acid groups (broad SMARTS) is 1. The van der Waals surface area contributed by atoms with Crippen molar-refractivity contribution in [2.45, 2.75) is 31.2 Å². The number of hydrogen-bond donors (Lipinski definition) is 2. The molecule has 2 aromatic heterocycles. The summed E-state index contributed by atoms with van der Waals surface area (Å²) < 4.78 is 31.9. The molecule has 11 heteroatoms. The lowest BCUT2D eigenvalue weighted by atomic mass is 10.4. The highest BCUT2D eigenvalue weighted by Crippen LogP contribution is 2.26. The first-order valence-electron chi connectivity index (χ1n) is 7.85. The minimum Gasteiger partial charge on any atom is -0.476 e. The molecule has 1 fully saturated rings. The van der Waals surface area contributed by atoms with Crippen LogP contribution in [0, 0.1) is 6.92 Å². The van der Waals surface area contributed by atoms with Gasteiger partial charge in [-0.05, 0) is 19.8 Å². The molecule has 0 spiro atoms. The lowest BCUT2D eigenvalue weighted by Crippen LogP contribution is -2.28. The van der Waals surface area contributed by atoms with Crippen LogP contribution in [0.25, 0.3) is 0 Å². The van der Waals surface area contributed by atoms with Crippen LogP contribution in [0.4, 0.5) is 0 Å². The number of carbonyl (C=O) groups excluding carboxylic acids is 1. The Hall–Kier alpha value is -2.24. The van der Waals surface area contributed by atoms with E-state index >= 15 is 0 Å². The van der Waals surface area contributed by atoms with Gasteiger partial charge in [-0.1, -0.05) is 0 Å². The maximum absolute atomic E-state index is 12.6. The number of furan rings is 1. The number of amides is 1. The second-order valence-corrected chi connectivity index (χ2v) is 8.61. The van der Waals surface area contributed by atoms with E-state index in [2.05, 4.69) is 10.3 Å². The molecule has 0 bridgehead atoms. The third-order valence-electron chi connectivity index (χ3n) is 3.95. The number of aryl methyl sites for hydroxylation is 1. The number of hydrogen-bond acceptors (Lipinski definition) is 7. The Kier molecular flexibility index (Phi) is 5.12. The lowest BCUT2D eigenvalue weighted by Gasteiger charge is -2.14. The highest BCUT2D eigenvalue weighted by atomic mass is 32.2. The molecule has 2 N–H and O–H groups in total. The third kappa shape index (κ3) is 3.64. The molecule has 0 saturated carbocycles. The van der Waals surface area contributed by atoms with Gasteiger partial charge in [0.2, 0.25) is 10.0 Å². The third-order valence-corrected chi connectivity index (χ3v) is 6.80. The summed E-state index contributed by atoms with van der Waals surface area (Å²) in [6, 6.07) is 1.23. The molecule has 1 aliphatic heterocycles. The van der Waals surface area contributed by atoms with Crippen LogP contribution in [0.3, 0.4) is 0 Å². The van der Waals surface area contributed by atoms with Crippen molar-refractivity contribution in [3.8, 4) is 0 Å². The number of aromatic carboxylic acids is 1. The molecule has 0 aliphatic carbocycles. The number of rotatable bonds is 6. The molecule has 0 atom stereocenters. The van der Waals surface area contributed by atoms with Crippen LogP contribution in [0.1, 0.15) is 44.7 Å². The SMILES string of the molecule is Cc1oc(C(=O)NCc2nc(C(=O)O)cs2)cc1S(=O)(=O)N1CCCC1. The molecule has 9 nitrogen and oxygen atoms in total. The second-order valence-electron chi connectivity index (χ2n) is 5.76. The van der Waals surface area contributed by atoms with E-state index in [4.69, 9.17) is 9.52 Å². The maximum Gasteiger partial charge on any atom is 0.355 e. The van der Waals surface area contributed by atoms with Crippen molar-refractivity contribution in [2.24, 2.45) is 0 Å². The van der Waals surface area contributed by atoms with Gasteiger partial charge in [0.1, 0.15) is 15.7 Å². The van der Waals surface area contributed by atoms with Crippen LogP contribution in [0.2, 0.25) is 0 Å². The first kappa shape index (κ1) is 18.5. The van der Waals surface area contributed by atoms with E-state index in [-0.39, 0.29) is 28.7 Å². The van der Waals surface area contributed by atoms with Crippen molar-refractivity contribution >= 4 is 33.2 Å². The molecule has 0 unspecified atom stereocenters. The monoisotopic (exact) mass is 399 g/mol. The van der Waals surface area contributed by atoms with Crippen molar-refractivity contribution in [3.63, 3.8) is 0 Å². The van der Waals surface area contributed by atoms with Crippen LogP contribution >= 0.6 is 11.3 Å². The summed E-state index contributed by atoms with van der Waals surface area (Å²) in [7, 11) is -3.67. The Labute approximate surface area is 153 Å². The maximum atomic E-state index is 12.6. The smallest absolute Gasteiger partial charge is 0.355 e. The predicted octanol–water partition coefficient (Wildman–Crippen LogP) is 1.46. The molecule has 1 saturated heterocycles. The number of carbonyl (C=O) groups is 2. The molecule has 26 heavy (non-hydrogen) atoms. The topological polar surface area (TPSA) is 130 Å². The quantitative estimate of drug-likeness (QED) is 0.752. The standard InChI is InChI=1S/C15H17N3O6S2/c1-9-12(26(22,23)18-4-2-3-5-18)6-11(24-9)14(19)16-7-13-17-10(8-25-13)15(20)21/h6,8H,2-5,7H2,1H3,(H,16,19)(H,20,21). The van der Waals surface area contributed by atoms with Crippen LogP contribution in [0.5, 0.6) is 0 Å². The van der Waals surface area contributed by atoms with E-state index in [1.165, 1.54) is 22.7 Å². The Morgan fingerprint density at radius 2 is 2.08 bits per heavy atom. The summed E-state index contributed by atoms with van der Waals surface area (Å²) in [5, 5.41) is 13.2. The average molecular weight is 399 g/mol. The molecule has 1 aliphatic rings. The highest BCUT2D eigenvalue weighted by Gasteiger charge is 2.31. The van der Waals surface area contributed by atoms with Crippen LogP contribution in [-0.4, -0.2) is 47.8 Å². The largest absolute Gasteiger partial charge is 0.476 e. The van der Waals surface area contributed by atoms with E-state index < -0.39 is 21.9 Å². The highest BCUT2D eigenvalue weighted by molar-refractivity contribution is 7.89.